The van der Waals surface area contributed by atoms with Crippen LogP contribution in [0, 0.1) is 0 Å². The largest absolute Gasteiger partial charge is 0.420 e. The van der Waals surface area contributed by atoms with Gasteiger partial charge in [-0.3, -0.25) is 9.36 Å². The maximum absolute atomic E-state index is 12.6. The van der Waals surface area contributed by atoms with Crippen molar-refractivity contribution in [3.8, 4) is 0 Å². The van der Waals surface area contributed by atoms with Crippen molar-refractivity contribution in [2.75, 3.05) is 0 Å². The number of nitrogens with one attached hydrogen (secondary N) is 1. The van der Waals surface area contributed by atoms with Gasteiger partial charge in [-0.15, -0.1) is 0 Å². The van der Waals surface area contributed by atoms with Gasteiger partial charge in [0.1, 0.15) is 6.04 Å². The Balaban J connectivity index is 1.85. The second-order valence-corrected chi connectivity index (χ2v) is 6.62. The van der Waals surface area contributed by atoms with Crippen molar-refractivity contribution in [1.82, 2.24) is 9.88 Å². The Morgan fingerprint density at radius 2 is 1.88 bits per heavy atom. The number of rotatable bonds is 4. The van der Waals surface area contributed by atoms with E-state index in [4.69, 9.17) is 27.6 Å². The molecule has 0 spiro atoms. The number of hydrogen-bond donors (Lipinski definition) is 1. The SMILES string of the molecule is CC(NC(=O)C(C)n1c(=O)oc2ccccc21)c1ccc(Cl)cc1Cl. The summed E-state index contributed by atoms with van der Waals surface area (Å²) < 4.78 is 6.52. The van der Waals surface area contributed by atoms with E-state index in [1.807, 2.05) is 6.92 Å². The van der Waals surface area contributed by atoms with Crippen LogP contribution in [0.3, 0.4) is 0 Å². The lowest BCUT2D eigenvalue weighted by Gasteiger charge is -2.19. The minimum atomic E-state index is -0.732. The minimum absolute atomic E-state index is 0.313. The van der Waals surface area contributed by atoms with Crippen LogP contribution in [0.25, 0.3) is 11.1 Å². The molecule has 1 heterocycles. The summed E-state index contributed by atoms with van der Waals surface area (Å²) in [6.45, 7) is 3.46. The Labute approximate surface area is 154 Å². The topological polar surface area (TPSA) is 64.2 Å². The summed E-state index contributed by atoms with van der Waals surface area (Å²) in [5.74, 6) is -0.881. The van der Waals surface area contributed by atoms with E-state index in [-0.39, 0.29) is 11.9 Å². The predicted molar refractivity (Wildman–Crippen MR) is 98.2 cm³/mol. The van der Waals surface area contributed by atoms with Crippen molar-refractivity contribution in [2.24, 2.45) is 0 Å². The first kappa shape index (κ1) is 17.6. The van der Waals surface area contributed by atoms with Gasteiger partial charge in [0.2, 0.25) is 5.91 Å². The highest BCUT2D eigenvalue weighted by Gasteiger charge is 2.23. The minimum Gasteiger partial charge on any atom is -0.408 e. The number of nitrogens with zero attached hydrogens (tertiary/aromatic N) is 1. The van der Waals surface area contributed by atoms with E-state index in [0.29, 0.717) is 21.1 Å². The van der Waals surface area contributed by atoms with Gasteiger partial charge in [-0.25, -0.2) is 4.79 Å². The summed E-state index contributed by atoms with van der Waals surface area (Å²) in [5.41, 5.74) is 1.77. The van der Waals surface area contributed by atoms with Crippen LogP contribution in [0.4, 0.5) is 0 Å². The van der Waals surface area contributed by atoms with E-state index < -0.39 is 11.8 Å². The Hall–Kier alpha value is -2.24. The van der Waals surface area contributed by atoms with E-state index in [0.717, 1.165) is 5.56 Å². The highest BCUT2D eigenvalue weighted by atomic mass is 35.5. The Bertz CT molecular complexity index is 993. The van der Waals surface area contributed by atoms with Crippen molar-refractivity contribution in [3.63, 3.8) is 0 Å². The van der Waals surface area contributed by atoms with Gasteiger partial charge in [0.05, 0.1) is 11.6 Å². The summed E-state index contributed by atoms with van der Waals surface area (Å²) in [6, 6.07) is 11.0. The number of fused-ring (bicyclic) bond motifs is 1. The van der Waals surface area contributed by atoms with Crippen LogP contribution in [0.5, 0.6) is 0 Å². The molecular weight excluding hydrogens is 363 g/mol. The number of hydrogen-bond acceptors (Lipinski definition) is 3. The lowest BCUT2D eigenvalue weighted by Crippen LogP contribution is -2.35. The molecule has 1 amide bonds. The van der Waals surface area contributed by atoms with E-state index in [9.17, 15) is 9.59 Å². The third kappa shape index (κ3) is 3.43. The van der Waals surface area contributed by atoms with E-state index in [2.05, 4.69) is 5.32 Å². The van der Waals surface area contributed by atoms with Crippen molar-refractivity contribution in [1.29, 1.82) is 0 Å². The van der Waals surface area contributed by atoms with Gasteiger partial charge in [-0.2, -0.15) is 0 Å². The molecule has 3 rings (SSSR count). The van der Waals surface area contributed by atoms with Crippen LogP contribution >= 0.6 is 23.2 Å². The highest BCUT2D eigenvalue weighted by Crippen LogP contribution is 2.26. The fourth-order valence-electron chi connectivity index (χ4n) is 2.73. The van der Waals surface area contributed by atoms with Crippen LogP contribution in [0.15, 0.2) is 51.7 Å². The molecule has 2 atom stereocenters. The fraction of sp³-hybridized carbons (Fsp3) is 0.222. The number of carbonyl (C=O) groups excluding carboxylic acids is 1. The maximum atomic E-state index is 12.6. The molecule has 0 aliphatic rings. The summed E-state index contributed by atoms with van der Waals surface area (Å²) in [6.07, 6.45) is 0. The molecule has 3 aromatic rings. The summed E-state index contributed by atoms with van der Waals surface area (Å²) in [5, 5.41) is 3.86. The Kier molecular flexibility index (Phi) is 4.88. The van der Waals surface area contributed by atoms with Crippen LogP contribution in [0.1, 0.15) is 31.5 Å². The first-order valence-corrected chi connectivity index (χ1v) is 8.49. The molecule has 2 unspecified atom stereocenters. The first-order chi connectivity index (χ1) is 11.9. The number of benzene rings is 2. The van der Waals surface area contributed by atoms with E-state index in [1.54, 1.807) is 49.4 Å². The van der Waals surface area contributed by atoms with Gasteiger partial charge < -0.3 is 9.73 Å². The second-order valence-electron chi connectivity index (χ2n) is 5.78. The predicted octanol–water partition coefficient (Wildman–Crippen LogP) is 4.34. The number of para-hydroxylation sites is 2. The zero-order valence-corrected chi connectivity index (χ0v) is 15.1. The fourth-order valence-corrected chi connectivity index (χ4v) is 3.30. The van der Waals surface area contributed by atoms with E-state index in [1.165, 1.54) is 4.57 Å². The van der Waals surface area contributed by atoms with Crippen LogP contribution in [-0.2, 0) is 4.79 Å². The molecule has 1 N–H and O–H groups in total. The Morgan fingerprint density at radius 3 is 2.60 bits per heavy atom. The zero-order chi connectivity index (χ0) is 18.1. The van der Waals surface area contributed by atoms with Crippen molar-refractivity contribution in [3.05, 3.63) is 68.6 Å². The summed E-state index contributed by atoms with van der Waals surface area (Å²) in [4.78, 5) is 24.7. The quantitative estimate of drug-likeness (QED) is 0.734. The van der Waals surface area contributed by atoms with Crippen LogP contribution in [-0.4, -0.2) is 10.5 Å². The second kappa shape index (κ2) is 6.94. The standard InChI is InChI=1S/C18H16Cl2N2O3/c1-10(13-8-7-12(19)9-14(13)20)21-17(23)11(2)22-15-5-3-4-6-16(15)25-18(22)24/h3-11H,1-2H3,(H,21,23). The lowest BCUT2D eigenvalue weighted by atomic mass is 10.1. The molecule has 7 heteroatoms. The monoisotopic (exact) mass is 378 g/mol. The zero-order valence-electron chi connectivity index (χ0n) is 13.6. The molecule has 5 nitrogen and oxygen atoms in total. The third-order valence-corrected chi connectivity index (χ3v) is 4.64. The molecule has 0 fully saturated rings. The molecule has 0 saturated heterocycles. The normalized spacial score (nSPS) is 13.6. The van der Waals surface area contributed by atoms with Gasteiger partial charge in [-0.1, -0.05) is 41.4 Å². The number of carbonyl (C=O) groups is 1. The van der Waals surface area contributed by atoms with Gasteiger partial charge in [0, 0.05) is 10.0 Å². The number of amides is 1. The van der Waals surface area contributed by atoms with Gasteiger partial charge in [-0.05, 0) is 43.7 Å². The number of aromatic nitrogens is 1. The van der Waals surface area contributed by atoms with Gasteiger partial charge >= 0.3 is 5.76 Å². The van der Waals surface area contributed by atoms with Crippen molar-refractivity contribution >= 4 is 40.2 Å². The smallest absolute Gasteiger partial charge is 0.408 e. The summed E-state index contributed by atoms with van der Waals surface area (Å²) >= 11 is 12.1. The molecule has 0 radical (unpaired) electrons. The number of halogens is 2. The molecule has 1 aromatic heterocycles. The van der Waals surface area contributed by atoms with Crippen molar-refractivity contribution < 1.29 is 9.21 Å². The first-order valence-electron chi connectivity index (χ1n) is 7.74. The molecule has 2 aromatic carbocycles. The molecule has 0 saturated carbocycles. The average Bonchev–Trinajstić information content (AvgIpc) is 2.89. The van der Waals surface area contributed by atoms with Crippen LogP contribution < -0.4 is 11.1 Å². The van der Waals surface area contributed by atoms with Gasteiger partial charge in [0.25, 0.3) is 0 Å². The third-order valence-electron chi connectivity index (χ3n) is 4.07. The van der Waals surface area contributed by atoms with Gasteiger partial charge in [0.15, 0.2) is 5.58 Å². The average molecular weight is 379 g/mol. The van der Waals surface area contributed by atoms with Crippen molar-refractivity contribution in [2.45, 2.75) is 25.9 Å². The highest BCUT2D eigenvalue weighted by molar-refractivity contribution is 6.35. The summed E-state index contributed by atoms with van der Waals surface area (Å²) in [7, 11) is 0. The van der Waals surface area contributed by atoms with Crippen LogP contribution in [0.2, 0.25) is 10.0 Å². The molecule has 25 heavy (non-hydrogen) atoms. The maximum Gasteiger partial charge on any atom is 0.420 e. The molecule has 0 bridgehead atoms. The molecular formula is C18H16Cl2N2O3. The number of oxazole rings is 1. The molecule has 0 aliphatic heterocycles. The molecule has 130 valence electrons. The Morgan fingerprint density at radius 1 is 1.16 bits per heavy atom. The van der Waals surface area contributed by atoms with E-state index >= 15 is 0 Å². The lowest BCUT2D eigenvalue weighted by molar-refractivity contribution is -0.124. The molecule has 0 aliphatic carbocycles.